The van der Waals surface area contributed by atoms with E-state index < -0.39 is 33.0 Å². The number of ether oxygens (including phenoxy) is 3. The summed E-state index contributed by atoms with van der Waals surface area (Å²) in [4.78, 5) is 37.1. The first-order valence-electron chi connectivity index (χ1n) is 16.7. The summed E-state index contributed by atoms with van der Waals surface area (Å²) in [5.41, 5.74) is 0.627. The molecule has 0 atom stereocenters. The van der Waals surface area contributed by atoms with Crippen molar-refractivity contribution in [3.8, 4) is 5.75 Å². The number of halogens is 5. The zero-order chi connectivity index (χ0) is 41.5. The van der Waals surface area contributed by atoms with E-state index in [0.29, 0.717) is 54.5 Å². The minimum Gasteiger partial charge on any atom is -0.484 e. The highest BCUT2D eigenvalue weighted by atomic mass is 35.5. The highest BCUT2D eigenvalue weighted by molar-refractivity contribution is 6.31. The Balaban J connectivity index is 0.000000224. The van der Waals surface area contributed by atoms with Gasteiger partial charge in [0, 0.05) is 48.9 Å². The third kappa shape index (κ3) is 12.2. The monoisotopic (exact) mass is 832 g/mol. The Morgan fingerprint density at radius 1 is 0.667 bits per heavy atom. The molecular formula is C36H33Cl2F3N8O8. The van der Waals surface area contributed by atoms with E-state index in [1.165, 1.54) is 55.1 Å². The second kappa shape index (κ2) is 21.3. The van der Waals surface area contributed by atoms with Crippen LogP contribution in [0.15, 0.2) is 73.3 Å². The van der Waals surface area contributed by atoms with Crippen molar-refractivity contribution < 1.29 is 42.3 Å². The lowest BCUT2D eigenvalue weighted by Gasteiger charge is -2.11. The lowest BCUT2D eigenvalue weighted by molar-refractivity contribution is -0.387. The number of anilines is 4. The van der Waals surface area contributed by atoms with Gasteiger partial charge >= 0.3 is 11.4 Å². The summed E-state index contributed by atoms with van der Waals surface area (Å²) in [7, 11) is 0. The fourth-order valence-corrected chi connectivity index (χ4v) is 5.08. The number of aliphatic hydroxyl groups excluding tert-OH is 1. The average Bonchev–Trinajstić information content (AvgIpc) is 3.18. The topological polar surface area (TPSA) is 210 Å². The Labute approximate surface area is 331 Å². The normalized spacial score (nSPS) is 10.6. The van der Waals surface area contributed by atoms with E-state index in [9.17, 15) is 33.4 Å². The lowest BCUT2D eigenvalue weighted by atomic mass is 10.2. The number of hydrogen-bond acceptors (Lipinski definition) is 14. The summed E-state index contributed by atoms with van der Waals surface area (Å²) in [6, 6.07) is 12.8. The number of hydrogen-bond donors (Lipinski definition) is 3. The van der Waals surface area contributed by atoms with Crippen LogP contribution in [0.5, 0.6) is 5.75 Å². The van der Waals surface area contributed by atoms with Crippen LogP contribution in [0.1, 0.15) is 13.8 Å². The van der Waals surface area contributed by atoms with Gasteiger partial charge in [0.05, 0.1) is 61.5 Å². The number of aliphatic hydroxyl groups is 1. The number of nitrogens with zero attached hydrogens (tertiary/aromatic N) is 6. The van der Waals surface area contributed by atoms with Crippen LogP contribution in [0.3, 0.4) is 0 Å². The molecule has 2 aromatic heterocycles. The molecule has 0 radical (unpaired) electrons. The van der Waals surface area contributed by atoms with Gasteiger partial charge in [-0.3, -0.25) is 20.2 Å². The Morgan fingerprint density at radius 3 is 1.61 bits per heavy atom. The van der Waals surface area contributed by atoms with Gasteiger partial charge in [0.25, 0.3) is 0 Å². The van der Waals surface area contributed by atoms with Crippen molar-refractivity contribution >= 4 is 79.4 Å². The fraction of sp³-hybridized carbons (Fsp3) is 0.222. The smallest absolute Gasteiger partial charge is 0.311 e. The van der Waals surface area contributed by atoms with Crippen molar-refractivity contribution in [1.82, 2.24) is 19.9 Å². The first-order chi connectivity index (χ1) is 27.4. The van der Waals surface area contributed by atoms with Gasteiger partial charge in [-0.1, -0.05) is 23.2 Å². The predicted octanol–water partition coefficient (Wildman–Crippen LogP) is 8.72. The maximum atomic E-state index is 13.6. The van der Waals surface area contributed by atoms with Gasteiger partial charge in [-0.2, -0.15) is 4.39 Å². The van der Waals surface area contributed by atoms with Crippen molar-refractivity contribution in [1.29, 1.82) is 0 Å². The van der Waals surface area contributed by atoms with Gasteiger partial charge in [0.1, 0.15) is 42.5 Å². The van der Waals surface area contributed by atoms with Crippen molar-refractivity contribution in [2.75, 3.05) is 50.3 Å². The molecule has 2 heterocycles. The van der Waals surface area contributed by atoms with Gasteiger partial charge in [-0.25, -0.2) is 28.7 Å². The standard InChI is InChI=1S/C18H16ClFN4O4.C14H7ClF2N4O2.C4H10O2/c1-2-27-5-6-28-17-9-15-12(8-16(17)24(25)26)18(22-10-21-15)23-11-3-4-14(20)13(19)7-11;15-9-3-7(1-2-10(9)16)20-14-8-4-13(21(22)23)11(17)5-12(8)18-6-19-14;1-2-6-4-3-5/h3-4,7-10H,2,5-6H2,1H3,(H,21,22,23);1-6H,(H,18,19,20);5H,2-4H2,1H3. The number of fused-ring (bicyclic) bond motifs is 2. The first-order valence-corrected chi connectivity index (χ1v) is 17.5. The van der Waals surface area contributed by atoms with Crippen molar-refractivity contribution in [3.05, 3.63) is 121 Å². The molecule has 0 spiro atoms. The van der Waals surface area contributed by atoms with Crippen LogP contribution in [-0.2, 0) is 9.47 Å². The molecule has 0 aliphatic carbocycles. The molecule has 21 heteroatoms. The molecule has 3 N–H and O–H groups in total. The molecule has 0 aliphatic rings. The van der Waals surface area contributed by atoms with Crippen LogP contribution in [-0.4, -0.2) is 74.5 Å². The second-order valence-corrected chi connectivity index (χ2v) is 11.9. The van der Waals surface area contributed by atoms with Crippen LogP contribution in [0.4, 0.5) is 47.6 Å². The molecular weight excluding hydrogens is 800 g/mol. The maximum Gasteiger partial charge on any atom is 0.311 e. The molecule has 4 aromatic carbocycles. The van der Waals surface area contributed by atoms with Crippen LogP contribution < -0.4 is 15.4 Å². The quantitative estimate of drug-likeness (QED) is 0.0533. The Kier molecular flexibility index (Phi) is 16.4. The number of rotatable bonds is 14. The molecule has 0 saturated heterocycles. The largest absolute Gasteiger partial charge is 0.484 e. The summed E-state index contributed by atoms with van der Waals surface area (Å²) in [5.74, 6) is -1.51. The molecule has 0 amide bonds. The highest BCUT2D eigenvalue weighted by Gasteiger charge is 2.20. The van der Waals surface area contributed by atoms with E-state index in [-0.39, 0.29) is 51.4 Å². The van der Waals surface area contributed by atoms with Gasteiger partial charge in [0.15, 0.2) is 5.75 Å². The predicted molar refractivity (Wildman–Crippen MR) is 207 cm³/mol. The highest BCUT2D eigenvalue weighted by Crippen LogP contribution is 2.35. The van der Waals surface area contributed by atoms with Crippen LogP contribution in [0.2, 0.25) is 10.0 Å². The van der Waals surface area contributed by atoms with E-state index in [0.717, 1.165) is 18.2 Å². The van der Waals surface area contributed by atoms with E-state index in [4.69, 9.17) is 42.5 Å². The number of nitrogens with one attached hydrogen (secondary N) is 2. The average molecular weight is 834 g/mol. The molecule has 0 aliphatic heterocycles. The Hall–Kier alpha value is -5.99. The van der Waals surface area contributed by atoms with E-state index in [1.807, 2.05) is 13.8 Å². The maximum absolute atomic E-state index is 13.6. The third-order valence-electron chi connectivity index (χ3n) is 7.31. The fourth-order valence-electron chi connectivity index (χ4n) is 4.72. The molecule has 0 saturated carbocycles. The molecule has 57 heavy (non-hydrogen) atoms. The molecule has 0 bridgehead atoms. The lowest BCUT2D eigenvalue weighted by Crippen LogP contribution is -2.08. The summed E-state index contributed by atoms with van der Waals surface area (Å²) in [6.07, 6.45) is 2.49. The van der Waals surface area contributed by atoms with E-state index in [2.05, 4.69) is 30.6 Å². The van der Waals surface area contributed by atoms with Gasteiger partial charge < -0.3 is 30.0 Å². The summed E-state index contributed by atoms with van der Waals surface area (Å²) < 4.78 is 55.6. The number of aromatic nitrogens is 4. The first kappa shape index (κ1) is 43.7. The van der Waals surface area contributed by atoms with Crippen molar-refractivity contribution in [2.24, 2.45) is 0 Å². The van der Waals surface area contributed by atoms with Crippen LogP contribution in [0.25, 0.3) is 21.8 Å². The molecule has 16 nitrogen and oxygen atoms in total. The zero-order valence-electron chi connectivity index (χ0n) is 30.0. The minimum absolute atomic E-state index is 0.0562. The molecule has 6 rings (SSSR count). The van der Waals surface area contributed by atoms with Crippen LogP contribution >= 0.6 is 23.2 Å². The van der Waals surface area contributed by atoms with Gasteiger partial charge in [-0.05, 0) is 50.2 Å². The number of nitro groups is 2. The van der Waals surface area contributed by atoms with Gasteiger partial charge in [0.2, 0.25) is 5.82 Å². The van der Waals surface area contributed by atoms with Crippen molar-refractivity contribution in [3.63, 3.8) is 0 Å². The molecule has 0 unspecified atom stereocenters. The number of nitro benzene ring substituents is 2. The van der Waals surface area contributed by atoms with Crippen molar-refractivity contribution in [2.45, 2.75) is 13.8 Å². The third-order valence-corrected chi connectivity index (χ3v) is 7.89. The van der Waals surface area contributed by atoms with Crippen LogP contribution in [0, 0.1) is 37.7 Å². The van der Waals surface area contributed by atoms with Gasteiger partial charge in [-0.15, -0.1) is 0 Å². The molecule has 6 aromatic rings. The van der Waals surface area contributed by atoms with E-state index in [1.54, 1.807) is 0 Å². The Bertz CT molecular complexity index is 2350. The number of benzene rings is 4. The summed E-state index contributed by atoms with van der Waals surface area (Å²) >= 11 is 11.5. The second-order valence-electron chi connectivity index (χ2n) is 11.1. The summed E-state index contributed by atoms with van der Waals surface area (Å²) in [6.45, 7) is 6.05. The summed E-state index contributed by atoms with van der Waals surface area (Å²) in [5, 5.41) is 36.8. The Morgan fingerprint density at radius 2 is 1.16 bits per heavy atom. The molecule has 300 valence electrons. The molecule has 0 fully saturated rings. The van der Waals surface area contributed by atoms with E-state index >= 15 is 0 Å². The zero-order valence-corrected chi connectivity index (χ0v) is 31.6. The SMILES string of the molecule is CCOCCO.CCOCCOc1cc2ncnc(Nc3ccc(F)c(Cl)c3)c2cc1[N+](=O)[O-].O=[N+]([O-])c1cc2c(Nc3ccc(F)c(Cl)c3)ncnc2cc1F. The minimum atomic E-state index is -0.989.